The predicted molar refractivity (Wildman–Crippen MR) is 104 cm³/mol. The molecule has 1 aromatic heterocycles. The lowest BCUT2D eigenvalue weighted by atomic mass is 10.1. The highest BCUT2D eigenvalue weighted by atomic mass is 16.5. The van der Waals surface area contributed by atoms with E-state index in [4.69, 9.17) is 18.7 Å². The number of nitrogens with zero attached hydrogens (tertiary/aromatic N) is 1. The predicted octanol–water partition coefficient (Wildman–Crippen LogP) is 3.10. The smallest absolute Gasteiger partial charge is 0.226 e. The van der Waals surface area contributed by atoms with Crippen molar-refractivity contribution in [1.29, 1.82) is 0 Å². The quantitative estimate of drug-likeness (QED) is 0.573. The summed E-state index contributed by atoms with van der Waals surface area (Å²) in [5.74, 6) is 2.65. The summed E-state index contributed by atoms with van der Waals surface area (Å²) in [5, 5.41) is 6.76. The minimum Gasteiger partial charge on any atom is -0.497 e. The molecule has 0 bridgehead atoms. The molecule has 2 aromatic carbocycles. The number of methoxy groups -OCH3 is 2. The van der Waals surface area contributed by atoms with Gasteiger partial charge in [-0.3, -0.25) is 4.79 Å². The van der Waals surface area contributed by atoms with Crippen LogP contribution in [0.2, 0.25) is 0 Å². The van der Waals surface area contributed by atoms with Gasteiger partial charge in [-0.05, 0) is 36.4 Å². The fraction of sp³-hybridized carbons (Fsp3) is 0.238. The van der Waals surface area contributed by atoms with Crippen molar-refractivity contribution in [2.45, 2.75) is 6.42 Å². The molecule has 0 aliphatic heterocycles. The number of carbonyl (C=O) groups is 1. The van der Waals surface area contributed by atoms with Gasteiger partial charge in [0.15, 0.2) is 5.76 Å². The summed E-state index contributed by atoms with van der Waals surface area (Å²) in [6.45, 7) is 0.761. The Morgan fingerprint density at radius 1 is 1.00 bits per heavy atom. The molecule has 3 rings (SSSR count). The van der Waals surface area contributed by atoms with E-state index in [1.165, 1.54) is 0 Å². The van der Waals surface area contributed by atoms with E-state index in [0.29, 0.717) is 24.6 Å². The molecule has 0 saturated heterocycles. The Bertz CT molecular complexity index is 905. The van der Waals surface area contributed by atoms with Crippen molar-refractivity contribution in [1.82, 2.24) is 10.5 Å². The Morgan fingerprint density at radius 3 is 2.50 bits per heavy atom. The highest BCUT2D eigenvalue weighted by Gasteiger charge is 2.11. The molecular formula is C21H22N2O5. The van der Waals surface area contributed by atoms with Gasteiger partial charge in [0.25, 0.3) is 0 Å². The van der Waals surface area contributed by atoms with E-state index in [1.807, 2.05) is 48.5 Å². The second kappa shape index (κ2) is 9.45. The molecule has 0 aliphatic carbocycles. The summed E-state index contributed by atoms with van der Waals surface area (Å²) in [6, 6.07) is 16.5. The van der Waals surface area contributed by atoms with Gasteiger partial charge in [-0.2, -0.15) is 0 Å². The number of amides is 1. The first-order valence-corrected chi connectivity index (χ1v) is 8.81. The normalized spacial score (nSPS) is 10.4. The Kier molecular flexibility index (Phi) is 6.51. The van der Waals surface area contributed by atoms with Crippen molar-refractivity contribution in [2.24, 2.45) is 0 Å². The van der Waals surface area contributed by atoms with Crippen LogP contribution in [0.25, 0.3) is 11.3 Å². The van der Waals surface area contributed by atoms with Gasteiger partial charge in [-0.25, -0.2) is 0 Å². The van der Waals surface area contributed by atoms with Crippen LogP contribution in [0.3, 0.4) is 0 Å². The third-order valence-electron chi connectivity index (χ3n) is 4.01. The lowest BCUT2D eigenvalue weighted by Crippen LogP contribution is -2.29. The van der Waals surface area contributed by atoms with Crippen molar-refractivity contribution >= 4 is 5.91 Å². The molecule has 3 aromatic rings. The summed E-state index contributed by atoms with van der Waals surface area (Å²) < 4.78 is 21.2. The fourth-order valence-electron chi connectivity index (χ4n) is 2.57. The molecule has 0 unspecified atom stereocenters. The first-order valence-electron chi connectivity index (χ1n) is 8.81. The molecule has 7 nitrogen and oxygen atoms in total. The van der Waals surface area contributed by atoms with Crippen LogP contribution in [0.4, 0.5) is 0 Å². The molecule has 0 radical (unpaired) electrons. The zero-order valence-electron chi connectivity index (χ0n) is 15.8. The monoisotopic (exact) mass is 382 g/mol. The SMILES string of the molecule is COc1ccc(OCCNC(=O)Cc2cc(-c3cccc(OC)c3)on2)cc1. The maximum atomic E-state index is 12.1. The third kappa shape index (κ3) is 5.26. The number of rotatable bonds is 9. The summed E-state index contributed by atoms with van der Waals surface area (Å²) in [5.41, 5.74) is 1.40. The number of ether oxygens (including phenoxy) is 3. The standard InChI is InChI=1S/C21H22N2O5/c1-25-17-6-8-18(9-7-17)27-11-10-22-21(24)14-16-13-20(28-23-16)15-4-3-5-19(12-15)26-2/h3-9,12-13H,10-11,14H2,1-2H3,(H,22,24). The molecule has 1 heterocycles. The summed E-state index contributed by atoms with van der Waals surface area (Å²) >= 11 is 0. The number of carbonyl (C=O) groups excluding carboxylic acids is 1. The zero-order valence-corrected chi connectivity index (χ0v) is 15.8. The zero-order chi connectivity index (χ0) is 19.8. The average Bonchev–Trinajstić information content (AvgIpc) is 3.20. The second-order valence-electron chi connectivity index (χ2n) is 5.97. The number of nitrogens with one attached hydrogen (secondary N) is 1. The molecule has 0 fully saturated rings. The van der Waals surface area contributed by atoms with Gasteiger partial charge in [0.2, 0.25) is 5.91 Å². The number of hydrogen-bond acceptors (Lipinski definition) is 6. The first kappa shape index (κ1) is 19.3. The van der Waals surface area contributed by atoms with Gasteiger partial charge >= 0.3 is 0 Å². The first-order chi connectivity index (χ1) is 13.7. The van der Waals surface area contributed by atoms with Crippen LogP contribution < -0.4 is 19.5 Å². The molecule has 146 valence electrons. The summed E-state index contributed by atoms with van der Waals surface area (Å²) in [6.07, 6.45) is 0.135. The van der Waals surface area contributed by atoms with Crippen molar-refractivity contribution in [3.63, 3.8) is 0 Å². The molecule has 1 N–H and O–H groups in total. The lowest BCUT2D eigenvalue weighted by molar-refractivity contribution is -0.120. The van der Waals surface area contributed by atoms with Crippen molar-refractivity contribution in [2.75, 3.05) is 27.4 Å². The highest BCUT2D eigenvalue weighted by molar-refractivity contribution is 5.78. The van der Waals surface area contributed by atoms with Gasteiger partial charge in [-0.15, -0.1) is 0 Å². The molecular weight excluding hydrogens is 360 g/mol. The maximum Gasteiger partial charge on any atom is 0.226 e. The molecule has 0 saturated carbocycles. The molecule has 7 heteroatoms. The molecule has 28 heavy (non-hydrogen) atoms. The Hall–Kier alpha value is -3.48. The van der Waals surface area contributed by atoms with E-state index < -0.39 is 0 Å². The van der Waals surface area contributed by atoms with Gasteiger partial charge in [0.1, 0.15) is 23.9 Å². The number of aromatic nitrogens is 1. The topological polar surface area (TPSA) is 82.8 Å². The third-order valence-corrected chi connectivity index (χ3v) is 4.01. The largest absolute Gasteiger partial charge is 0.497 e. The van der Waals surface area contributed by atoms with E-state index in [-0.39, 0.29) is 12.3 Å². The molecule has 0 spiro atoms. The van der Waals surface area contributed by atoms with Crippen LogP contribution in [0.15, 0.2) is 59.1 Å². The fourth-order valence-corrected chi connectivity index (χ4v) is 2.57. The Labute approximate surface area is 163 Å². The number of benzene rings is 2. The van der Waals surface area contributed by atoms with E-state index in [1.54, 1.807) is 20.3 Å². The summed E-state index contributed by atoms with van der Waals surface area (Å²) in [4.78, 5) is 12.1. The van der Waals surface area contributed by atoms with E-state index in [9.17, 15) is 4.79 Å². The van der Waals surface area contributed by atoms with Gasteiger partial charge in [0.05, 0.1) is 32.9 Å². The molecule has 1 amide bonds. The van der Waals surface area contributed by atoms with Crippen LogP contribution in [0.5, 0.6) is 17.2 Å². The van der Waals surface area contributed by atoms with E-state index >= 15 is 0 Å². The average molecular weight is 382 g/mol. The van der Waals surface area contributed by atoms with Crippen LogP contribution in [-0.4, -0.2) is 38.4 Å². The van der Waals surface area contributed by atoms with Gasteiger partial charge in [-0.1, -0.05) is 17.3 Å². The number of hydrogen-bond donors (Lipinski definition) is 1. The highest BCUT2D eigenvalue weighted by Crippen LogP contribution is 2.24. The van der Waals surface area contributed by atoms with Crippen molar-refractivity contribution in [3.8, 4) is 28.6 Å². The van der Waals surface area contributed by atoms with Crippen molar-refractivity contribution < 1.29 is 23.5 Å². The van der Waals surface area contributed by atoms with Crippen LogP contribution in [0, 0.1) is 0 Å². The van der Waals surface area contributed by atoms with Crippen LogP contribution >= 0.6 is 0 Å². The maximum absolute atomic E-state index is 12.1. The van der Waals surface area contributed by atoms with Crippen LogP contribution in [-0.2, 0) is 11.2 Å². The Balaban J connectivity index is 1.44. The van der Waals surface area contributed by atoms with Gasteiger partial charge in [0, 0.05) is 11.6 Å². The minimum absolute atomic E-state index is 0.135. The second-order valence-corrected chi connectivity index (χ2v) is 5.97. The van der Waals surface area contributed by atoms with Gasteiger partial charge < -0.3 is 24.1 Å². The van der Waals surface area contributed by atoms with Crippen LogP contribution in [0.1, 0.15) is 5.69 Å². The van der Waals surface area contributed by atoms with E-state index in [0.717, 1.165) is 22.8 Å². The summed E-state index contributed by atoms with van der Waals surface area (Å²) in [7, 11) is 3.22. The van der Waals surface area contributed by atoms with Crippen molar-refractivity contribution in [3.05, 3.63) is 60.3 Å². The lowest BCUT2D eigenvalue weighted by Gasteiger charge is -2.08. The minimum atomic E-state index is -0.149. The molecule has 0 aliphatic rings. The van der Waals surface area contributed by atoms with E-state index in [2.05, 4.69) is 10.5 Å². The Morgan fingerprint density at radius 2 is 1.75 bits per heavy atom. The molecule has 0 atom stereocenters.